The van der Waals surface area contributed by atoms with Crippen molar-refractivity contribution in [3.8, 4) is 0 Å². The minimum atomic E-state index is 0. The van der Waals surface area contributed by atoms with Gasteiger partial charge in [-0.3, -0.25) is 0 Å². The van der Waals surface area contributed by atoms with Crippen LogP contribution in [0.15, 0.2) is 24.3 Å². The fourth-order valence-corrected chi connectivity index (χ4v) is 3.65. The van der Waals surface area contributed by atoms with Gasteiger partial charge in [0.05, 0.1) is 0 Å². The molecule has 2 saturated carbocycles. The number of nitrogens with two attached hydrogens (primary N) is 1. The van der Waals surface area contributed by atoms with Crippen molar-refractivity contribution in [3.05, 3.63) is 34.9 Å². The molecule has 21 heavy (non-hydrogen) atoms. The van der Waals surface area contributed by atoms with Gasteiger partial charge < -0.3 is 11.1 Å². The van der Waals surface area contributed by atoms with Crippen LogP contribution in [-0.2, 0) is 5.41 Å². The van der Waals surface area contributed by atoms with E-state index < -0.39 is 0 Å². The van der Waals surface area contributed by atoms with Crippen molar-refractivity contribution in [2.75, 3.05) is 13.1 Å². The van der Waals surface area contributed by atoms with E-state index in [1.165, 1.54) is 50.6 Å². The lowest BCUT2D eigenvalue weighted by Crippen LogP contribution is -2.44. The monoisotopic (exact) mass is 328 g/mol. The van der Waals surface area contributed by atoms with E-state index in [0.29, 0.717) is 6.04 Å². The first-order valence-corrected chi connectivity index (χ1v) is 8.29. The molecule has 0 heterocycles. The largest absolute Gasteiger partial charge is 0.330 e. The molecule has 0 saturated heterocycles. The second-order valence-electron chi connectivity index (χ2n) is 6.62. The fourth-order valence-electron chi connectivity index (χ4n) is 3.46. The van der Waals surface area contributed by atoms with Gasteiger partial charge in [0, 0.05) is 23.0 Å². The van der Waals surface area contributed by atoms with Crippen molar-refractivity contribution in [2.24, 2.45) is 11.7 Å². The molecule has 0 amide bonds. The predicted molar refractivity (Wildman–Crippen MR) is 92.4 cm³/mol. The molecule has 1 aromatic rings. The highest BCUT2D eigenvalue weighted by Crippen LogP contribution is 2.39. The van der Waals surface area contributed by atoms with E-state index in [1.807, 2.05) is 12.1 Å². The summed E-state index contributed by atoms with van der Waals surface area (Å²) in [5, 5.41) is 4.56. The van der Waals surface area contributed by atoms with Crippen LogP contribution in [0.5, 0.6) is 0 Å². The number of hydrogen-bond donors (Lipinski definition) is 2. The SMILES string of the molecule is Cl.NC[C@]1(c2cccc(Cl)c2)CC[C@@H](NCC2CC2)CC1. The Morgan fingerprint density at radius 2 is 1.90 bits per heavy atom. The average Bonchev–Trinajstić information content (AvgIpc) is 3.30. The predicted octanol–water partition coefficient (Wildman–Crippen LogP) is 3.90. The molecule has 0 aliphatic heterocycles. The lowest BCUT2D eigenvalue weighted by atomic mass is 9.68. The summed E-state index contributed by atoms with van der Waals surface area (Å²) < 4.78 is 0. The smallest absolute Gasteiger partial charge is 0.0408 e. The Kier molecular flexibility index (Phi) is 5.96. The second-order valence-corrected chi connectivity index (χ2v) is 7.06. The Morgan fingerprint density at radius 3 is 2.48 bits per heavy atom. The molecule has 0 aromatic heterocycles. The van der Waals surface area contributed by atoms with Crippen LogP contribution in [0.2, 0.25) is 5.02 Å². The molecule has 2 nitrogen and oxygen atoms in total. The van der Waals surface area contributed by atoms with Gasteiger partial charge in [-0.25, -0.2) is 0 Å². The van der Waals surface area contributed by atoms with Gasteiger partial charge in [-0.2, -0.15) is 0 Å². The summed E-state index contributed by atoms with van der Waals surface area (Å²) in [6, 6.07) is 8.97. The molecule has 2 fully saturated rings. The zero-order valence-corrected chi connectivity index (χ0v) is 14.1. The zero-order chi connectivity index (χ0) is 14.0. The molecule has 0 radical (unpaired) electrons. The maximum absolute atomic E-state index is 6.15. The molecule has 0 atom stereocenters. The number of hydrogen-bond acceptors (Lipinski definition) is 2. The lowest BCUT2D eigenvalue weighted by molar-refractivity contribution is 0.250. The first kappa shape index (κ1) is 17.1. The number of nitrogens with one attached hydrogen (secondary N) is 1. The molecule has 0 spiro atoms. The standard InChI is InChI=1S/C17H25ClN2.ClH/c18-15-3-1-2-14(10-15)17(12-19)8-6-16(7-9-17)20-11-13-4-5-13;/h1-3,10,13,16,20H,4-9,11-12,19H2;1H/t16-,17+;. The maximum atomic E-state index is 6.15. The van der Waals surface area contributed by atoms with Crippen LogP contribution in [0.3, 0.4) is 0 Å². The normalized spacial score (nSPS) is 29.0. The van der Waals surface area contributed by atoms with Crippen LogP contribution in [0, 0.1) is 5.92 Å². The molecule has 0 unspecified atom stereocenters. The summed E-state index contributed by atoms with van der Waals surface area (Å²) in [7, 11) is 0. The minimum Gasteiger partial charge on any atom is -0.330 e. The van der Waals surface area contributed by atoms with Crippen molar-refractivity contribution in [2.45, 2.75) is 50.0 Å². The van der Waals surface area contributed by atoms with Crippen molar-refractivity contribution < 1.29 is 0 Å². The van der Waals surface area contributed by atoms with E-state index in [1.54, 1.807) is 0 Å². The van der Waals surface area contributed by atoms with Gasteiger partial charge in [-0.1, -0.05) is 23.7 Å². The fraction of sp³-hybridized carbons (Fsp3) is 0.647. The second kappa shape index (κ2) is 7.32. The minimum absolute atomic E-state index is 0. The molecular formula is C17H26Cl2N2. The number of rotatable bonds is 5. The third-order valence-electron chi connectivity index (χ3n) is 5.16. The van der Waals surface area contributed by atoms with Crippen LogP contribution < -0.4 is 11.1 Å². The van der Waals surface area contributed by atoms with E-state index in [9.17, 15) is 0 Å². The van der Waals surface area contributed by atoms with Crippen molar-refractivity contribution in [1.29, 1.82) is 0 Å². The van der Waals surface area contributed by atoms with Gasteiger partial charge in [0.25, 0.3) is 0 Å². The molecule has 3 N–H and O–H groups in total. The van der Waals surface area contributed by atoms with Gasteiger partial charge in [0.1, 0.15) is 0 Å². The topological polar surface area (TPSA) is 38.0 Å². The third kappa shape index (κ3) is 4.13. The van der Waals surface area contributed by atoms with Gasteiger partial charge >= 0.3 is 0 Å². The van der Waals surface area contributed by atoms with Crippen LogP contribution in [-0.4, -0.2) is 19.1 Å². The van der Waals surface area contributed by atoms with Crippen molar-refractivity contribution >= 4 is 24.0 Å². The van der Waals surface area contributed by atoms with Gasteiger partial charge in [-0.15, -0.1) is 12.4 Å². The quantitative estimate of drug-likeness (QED) is 0.860. The van der Waals surface area contributed by atoms with Gasteiger partial charge in [0.2, 0.25) is 0 Å². The summed E-state index contributed by atoms with van der Waals surface area (Å²) in [4.78, 5) is 0. The molecule has 2 aliphatic carbocycles. The zero-order valence-electron chi connectivity index (χ0n) is 12.5. The van der Waals surface area contributed by atoms with Crippen LogP contribution in [0.4, 0.5) is 0 Å². The Morgan fingerprint density at radius 1 is 1.19 bits per heavy atom. The molecule has 3 rings (SSSR count). The first-order valence-electron chi connectivity index (χ1n) is 7.91. The van der Waals surface area contributed by atoms with Crippen LogP contribution in [0.1, 0.15) is 44.1 Å². The van der Waals surface area contributed by atoms with E-state index in [-0.39, 0.29) is 17.8 Å². The molecule has 2 aliphatic rings. The summed E-state index contributed by atoms with van der Waals surface area (Å²) >= 11 is 6.15. The first-order chi connectivity index (χ1) is 9.72. The Labute approximate surface area is 139 Å². The number of halogens is 2. The lowest BCUT2D eigenvalue weighted by Gasteiger charge is -2.40. The summed E-state index contributed by atoms with van der Waals surface area (Å²) in [5.74, 6) is 0.962. The number of benzene rings is 1. The van der Waals surface area contributed by atoms with Crippen LogP contribution in [0.25, 0.3) is 0 Å². The maximum Gasteiger partial charge on any atom is 0.0408 e. The van der Waals surface area contributed by atoms with E-state index in [4.69, 9.17) is 17.3 Å². The molecule has 1 aromatic carbocycles. The Bertz CT molecular complexity index is 452. The van der Waals surface area contributed by atoms with E-state index in [2.05, 4.69) is 17.4 Å². The molecular weight excluding hydrogens is 303 g/mol. The summed E-state index contributed by atoms with van der Waals surface area (Å²) in [6.45, 7) is 1.94. The highest BCUT2D eigenvalue weighted by molar-refractivity contribution is 6.30. The molecule has 0 bridgehead atoms. The van der Waals surface area contributed by atoms with Crippen LogP contribution >= 0.6 is 24.0 Å². The average molecular weight is 329 g/mol. The van der Waals surface area contributed by atoms with Crippen molar-refractivity contribution in [1.82, 2.24) is 5.32 Å². The van der Waals surface area contributed by atoms with E-state index >= 15 is 0 Å². The van der Waals surface area contributed by atoms with Gasteiger partial charge in [-0.05, 0) is 68.7 Å². The summed E-state index contributed by atoms with van der Waals surface area (Å²) in [6.07, 6.45) is 7.66. The summed E-state index contributed by atoms with van der Waals surface area (Å²) in [5.41, 5.74) is 7.60. The Balaban J connectivity index is 0.00000161. The molecule has 118 valence electrons. The highest BCUT2D eigenvalue weighted by atomic mass is 35.5. The third-order valence-corrected chi connectivity index (χ3v) is 5.40. The van der Waals surface area contributed by atoms with E-state index in [0.717, 1.165) is 17.5 Å². The highest BCUT2D eigenvalue weighted by Gasteiger charge is 2.36. The van der Waals surface area contributed by atoms with Crippen molar-refractivity contribution in [3.63, 3.8) is 0 Å². The molecule has 4 heteroatoms. The Hall–Kier alpha value is -0.280. The van der Waals surface area contributed by atoms with Gasteiger partial charge in [0.15, 0.2) is 0 Å².